The number of nitrogens with zero attached hydrogens (tertiary/aromatic N) is 1. The third kappa shape index (κ3) is 3.09. The second-order valence-corrected chi connectivity index (χ2v) is 4.62. The normalized spacial score (nSPS) is 10.1. The van der Waals surface area contributed by atoms with E-state index < -0.39 is 0 Å². The maximum atomic E-state index is 7.62. The Morgan fingerprint density at radius 1 is 1.15 bits per heavy atom. The molecule has 0 bridgehead atoms. The molecule has 2 aromatic carbocycles. The van der Waals surface area contributed by atoms with Gasteiger partial charge in [0.15, 0.2) is 0 Å². The number of nitrogen functional groups attached to an aromatic ring is 1. The average molecular weight is 269 g/mol. The van der Waals surface area contributed by atoms with Crippen molar-refractivity contribution in [3.63, 3.8) is 0 Å². The Morgan fingerprint density at radius 2 is 1.80 bits per heavy atom. The van der Waals surface area contributed by atoms with Gasteiger partial charge in [-0.05, 0) is 29.8 Å². The second-order valence-electron chi connectivity index (χ2n) is 4.62. The molecule has 0 fully saturated rings. The summed E-state index contributed by atoms with van der Waals surface area (Å²) in [6, 6.07) is 15.6. The molecule has 3 N–H and O–H groups in total. The summed E-state index contributed by atoms with van der Waals surface area (Å²) in [4.78, 5) is 2.11. The number of nitrogens with two attached hydrogens (primary N) is 1. The first-order valence-corrected chi connectivity index (χ1v) is 6.39. The Kier molecular flexibility index (Phi) is 4.25. The molecule has 0 radical (unpaired) electrons. The molecule has 0 saturated heterocycles. The van der Waals surface area contributed by atoms with Crippen molar-refractivity contribution in [1.29, 1.82) is 5.41 Å². The van der Waals surface area contributed by atoms with Crippen molar-refractivity contribution >= 4 is 11.5 Å². The van der Waals surface area contributed by atoms with Gasteiger partial charge in [0.25, 0.3) is 0 Å². The Balaban J connectivity index is 2.18. The number of ether oxygens (including phenoxy) is 1. The van der Waals surface area contributed by atoms with Crippen LogP contribution in [0.25, 0.3) is 0 Å². The molecule has 0 spiro atoms. The molecule has 4 nitrogen and oxygen atoms in total. The maximum Gasteiger partial charge on any atom is 0.123 e. The monoisotopic (exact) mass is 269 g/mol. The molecule has 2 aromatic rings. The summed E-state index contributed by atoms with van der Waals surface area (Å²) in [6.45, 7) is 0.697. The van der Waals surface area contributed by atoms with Crippen molar-refractivity contribution in [2.45, 2.75) is 6.54 Å². The van der Waals surface area contributed by atoms with Crippen LogP contribution in [0.15, 0.2) is 48.5 Å². The molecule has 0 aromatic heterocycles. The second kappa shape index (κ2) is 6.10. The zero-order chi connectivity index (χ0) is 14.5. The van der Waals surface area contributed by atoms with Gasteiger partial charge < -0.3 is 15.4 Å². The quantitative estimate of drug-likeness (QED) is 0.648. The predicted molar refractivity (Wildman–Crippen MR) is 82.6 cm³/mol. The number of benzene rings is 2. The SMILES string of the molecule is COc1ccc(N(C)Cc2ccccc2C(=N)N)cc1. The highest BCUT2D eigenvalue weighted by Gasteiger charge is 2.08. The minimum Gasteiger partial charge on any atom is -0.497 e. The summed E-state index contributed by atoms with van der Waals surface area (Å²) in [5, 5.41) is 7.62. The van der Waals surface area contributed by atoms with Gasteiger partial charge in [-0.1, -0.05) is 24.3 Å². The van der Waals surface area contributed by atoms with Crippen LogP contribution in [0.2, 0.25) is 0 Å². The van der Waals surface area contributed by atoms with Crippen molar-refractivity contribution in [3.8, 4) is 5.75 Å². The number of anilines is 1. The lowest BCUT2D eigenvalue weighted by Crippen LogP contribution is -2.20. The summed E-state index contributed by atoms with van der Waals surface area (Å²) < 4.78 is 5.15. The van der Waals surface area contributed by atoms with Crippen molar-refractivity contribution < 1.29 is 4.74 Å². The molecular formula is C16H19N3O. The van der Waals surface area contributed by atoms with E-state index in [1.165, 1.54) is 0 Å². The maximum absolute atomic E-state index is 7.62. The van der Waals surface area contributed by atoms with Crippen LogP contribution in [0.1, 0.15) is 11.1 Å². The van der Waals surface area contributed by atoms with Crippen molar-refractivity contribution in [3.05, 3.63) is 59.7 Å². The van der Waals surface area contributed by atoms with Gasteiger partial charge in [-0.25, -0.2) is 0 Å². The highest BCUT2D eigenvalue weighted by atomic mass is 16.5. The summed E-state index contributed by atoms with van der Waals surface area (Å²) in [6.07, 6.45) is 0. The lowest BCUT2D eigenvalue weighted by molar-refractivity contribution is 0.415. The Bertz CT molecular complexity index is 593. The molecule has 20 heavy (non-hydrogen) atoms. The summed E-state index contributed by atoms with van der Waals surface area (Å²) in [7, 11) is 3.67. The smallest absolute Gasteiger partial charge is 0.123 e. The fourth-order valence-corrected chi connectivity index (χ4v) is 2.10. The fraction of sp³-hybridized carbons (Fsp3) is 0.188. The molecule has 0 amide bonds. The molecular weight excluding hydrogens is 250 g/mol. The van der Waals surface area contributed by atoms with Crippen LogP contribution in [0, 0.1) is 5.41 Å². The van der Waals surface area contributed by atoms with E-state index >= 15 is 0 Å². The van der Waals surface area contributed by atoms with Gasteiger partial charge in [0.1, 0.15) is 11.6 Å². The van der Waals surface area contributed by atoms with Crippen LogP contribution in [-0.4, -0.2) is 20.0 Å². The molecule has 0 unspecified atom stereocenters. The first-order valence-electron chi connectivity index (χ1n) is 6.39. The molecule has 4 heteroatoms. The highest BCUT2D eigenvalue weighted by molar-refractivity contribution is 5.96. The number of rotatable bonds is 5. The summed E-state index contributed by atoms with van der Waals surface area (Å²) in [5.74, 6) is 0.940. The van der Waals surface area contributed by atoms with Crippen LogP contribution in [-0.2, 0) is 6.54 Å². The Morgan fingerprint density at radius 3 is 2.40 bits per heavy atom. The molecule has 0 heterocycles. The first-order chi connectivity index (χ1) is 9.61. The Hall–Kier alpha value is -2.49. The van der Waals surface area contributed by atoms with Crippen LogP contribution in [0.3, 0.4) is 0 Å². The van der Waals surface area contributed by atoms with Crippen molar-refractivity contribution in [1.82, 2.24) is 0 Å². The van der Waals surface area contributed by atoms with E-state index in [2.05, 4.69) is 4.90 Å². The molecule has 0 aliphatic rings. The third-order valence-electron chi connectivity index (χ3n) is 3.23. The minimum absolute atomic E-state index is 0.101. The number of methoxy groups -OCH3 is 1. The van der Waals surface area contributed by atoms with E-state index in [0.29, 0.717) is 6.54 Å². The lowest BCUT2D eigenvalue weighted by atomic mass is 10.1. The minimum atomic E-state index is 0.101. The standard InChI is InChI=1S/C16H19N3O/c1-19(13-7-9-14(20-2)10-8-13)11-12-5-3-4-6-15(12)16(17)18/h3-10H,11H2,1-2H3,(H3,17,18). The molecule has 2 rings (SSSR count). The van der Waals surface area contributed by atoms with Gasteiger partial charge >= 0.3 is 0 Å². The zero-order valence-electron chi connectivity index (χ0n) is 11.8. The van der Waals surface area contributed by atoms with Crippen LogP contribution < -0.4 is 15.4 Å². The van der Waals surface area contributed by atoms with E-state index in [1.54, 1.807) is 7.11 Å². The van der Waals surface area contributed by atoms with E-state index in [0.717, 1.165) is 22.6 Å². The van der Waals surface area contributed by atoms with Gasteiger partial charge in [-0.15, -0.1) is 0 Å². The third-order valence-corrected chi connectivity index (χ3v) is 3.23. The number of hydrogen-bond acceptors (Lipinski definition) is 3. The van der Waals surface area contributed by atoms with Gasteiger partial charge in [0.2, 0.25) is 0 Å². The van der Waals surface area contributed by atoms with E-state index in [-0.39, 0.29) is 5.84 Å². The van der Waals surface area contributed by atoms with Crippen molar-refractivity contribution in [2.75, 3.05) is 19.1 Å². The van der Waals surface area contributed by atoms with E-state index in [9.17, 15) is 0 Å². The van der Waals surface area contributed by atoms with Gasteiger partial charge in [0, 0.05) is 24.8 Å². The molecule has 0 aliphatic carbocycles. The topological polar surface area (TPSA) is 62.3 Å². The summed E-state index contributed by atoms with van der Waals surface area (Å²) >= 11 is 0. The van der Waals surface area contributed by atoms with Gasteiger partial charge in [-0.3, -0.25) is 5.41 Å². The largest absolute Gasteiger partial charge is 0.497 e. The predicted octanol–water partition coefficient (Wildman–Crippen LogP) is 2.62. The number of hydrogen-bond donors (Lipinski definition) is 2. The first kappa shape index (κ1) is 13.9. The zero-order valence-corrected chi connectivity index (χ0v) is 11.8. The van der Waals surface area contributed by atoms with Crippen LogP contribution >= 0.6 is 0 Å². The van der Waals surface area contributed by atoms with Crippen LogP contribution in [0.4, 0.5) is 5.69 Å². The molecule has 0 atom stereocenters. The van der Waals surface area contributed by atoms with Gasteiger partial charge in [0.05, 0.1) is 7.11 Å². The lowest BCUT2D eigenvalue weighted by Gasteiger charge is -2.21. The fourth-order valence-electron chi connectivity index (χ4n) is 2.10. The highest BCUT2D eigenvalue weighted by Crippen LogP contribution is 2.20. The molecule has 0 saturated carbocycles. The van der Waals surface area contributed by atoms with Gasteiger partial charge in [-0.2, -0.15) is 0 Å². The van der Waals surface area contributed by atoms with Crippen molar-refractivity contribution in [2.24, 2.45) is 5.73 Å². The average Bonchev–Trinajstić information content (AvgIpc) is 2.47. The number of amidine groups is 1. The summed E-state index contributed by atoms with van der Waals surface area (Å²) in [5.41, 5.74) is 8.53. The molecule has 104 valence electrons. The number of nitrogens with one attached hydrogen (secondary N) is 1. The molecule has 0 aliphatic heterocycles. The Labute approximate surface area is 119 Å². The van der Waals surface area contributed by atoms with E-state index in [1.807, 2.05) is 55.6 Å². The van der Waals surface area contributed by atoms with E-state index in [4.69, 9.17) is 15.9 Å². The van der Waals surface area contributed by atoms with Crippen LogP contribution in [0.5, 0.6) is 5.75 Å².